The van der Waals surface area contributed by atoms with Crippen LogP contribution in [-0.2, 0) is 28.6 Å². The Kier molecular flexibility index (Phi) is 52.8. The molecule has 386 valence electrons. The first-order valence-electron chi connectivity index (χ1n) is 28.4. The standard InChI is InChI=1S/C61H106O6/c1-4-7-10-13-16-19-22-25-28-30-33-36-39-42-45-48-51-54-60(63)66-57-58(56-65-59(62)53-50-47-44-41-38-35-32-27-24-21-18-15-12-9-6-3)67-61(64)55-52-49-46-43-40-37-34-31-29-26-23-20-17-14-11-8-5-2/h9,12,18,21,25,27-28,32,38,41,47,50,58H,4-8,10-11,13-17,19-20,22-24,26,29-31,33-37,39-40,42-46,48-49,51-57H2,1-3H3/b12-9-,21-18-,28-25-,32-27-,41-38-,50-47-. The van der Waals surface area contributed by atoms with Gasteiger partial charge in [-0.2, -0.15) is 0 Å². The van der Waals surface area contributed by atoms with E-state index in [1.807, 2.05) is 6.08 Å². The van der Waals surface area contributed by atoms with Crippen LogP contribution in [-0.4, -0.2) is 37.2 Å². The first-order valence-corrected chi connectivity index (χ1v) is 28.4. The fourth-order valence-corrected chi connectivity index (χ4v) is 7.98. The summed E-state index contributed by atoms with van der Waals surface area (Å²) in [6.45, 7) is 6.45. The van der Waals surface area contributed by atoms with E-state index in [0.717, 1.165) is 70.6 Å². The van der Waals surface area contributed by atoms with Crippen molar-refractivity contribution in [2.75, 3.05) is 13.2 Å². The molecule has 0 heterocycles. The van der Waals surface area contributed by atoms with E-state index in [9.17, 15) is 14.4 Å². The second-order valence-electron chi connectivity index (χ2n) is 18.8. The molecule has 0 saturated carbocycles. The molecule has 0 aliphatic heterocycles. The number of hydrogen-bond acceptors (Lipinski definition) is 6. The highest BCUT2D eigenvalue weighted by Crippen LogP contribution is 2.16. The molecule has 0 radical (unpaired) electrons. The Hall–Kier alpha value is -3.15. The van der Waals surface area contributed by atoms with Crippen LogP contribution in [0.5, 0.6) is 0 Å². The maximum atomic E-state index is 12.8. The first kappa shape index (κ1) is 63.8. The van der Waals surface area contributed by atoms with Crippen molar-refractivity contribution in [3.63, 3.8) is 0 Å². The Morgan fingerprint density at radius 3 is 1.03 bits per heavy atom. The zero-order valence-corrected chi connectivity index (χ0v) is 44.2. The summed E-state index contributed by atoms with van der Waals surface area (Å²) < 4.78 is 16.8. The number of carbonyl (C=O) groups excluding carboxylic acids is 3. The van der Waals surface area contributed by atoms with Crippen LogP contribution in [0.2, 0.25) is 0 Å². The highest BCUT2D eigenvalue weighted by molar-refractivity contribution is 5.72. The van der Waals surface area contributed by atoms with Crippen molar-refractivity contribution in [1.29, 1.82) is 0 Å². The normalized spacial score (nSPS) is 12.6. The van der Waals surface area contributed by atoms with Gasteiger partial charge >= 0.3 is 17.9 Å². The van der Waals surface area contributed by atoms with Gasteiger partial charge in [0, 0.05) is 12.8 Å². The molecular formula is C61H106O6. The van der Waals surface area contributed by atoms with Crippen molar-refractivity contribution in [3.8, 4) is 0 Å². The monoisotopic (exact) mass is 935 g/mol. The van der Waals surface area contributed by atoms with Gasteiger partial charge in [0.15, 0.2) is 6.10 Å². The van der Waals surface area contributed by atoms with Crippen LogP contribution in [0, 0.1) is 0 Å². The summed E-state index contributed by atoms with van der Waals surface area (Å²) in [5.74, 6) is -1.03. The molecule has 6 heteroatoms. The molecule has 0 aromatic carbocycles. The summed E-state index contributed by atoms with van der Waals surface area (Å²) in [7, 11) is 0. The van der Waals surface area contributed by atoms with Crippen molar-refractivity contribution in [2.45, 2.75) is 284 Å². The van der Waals surface area contributed by atoms with Gasteiger partial charge in [0.25, 0.3) is 0 Å². The van der Waals surface area contributed by atoms with Crippen molar-refractivity contribution in [3.05, 3.63) is 72.9 Å². The summed E-state index contributed by atoms with van der Waals surface area (Å²) in [4.78, 5) is 38.1. The van der Waals surface area contributed by atoms with Crippen molar-refractivity contribution < 1.29 is 28.6 Å². The fraction of sp³-hybridized carbons (Fsp3) is 0.754. The third-order valence-electron chi connectivity index (χ3n) is 12.2. The Balaban J connectivity index is 4.46. The quantitative estimate of drug-likeness (QED) is 0.0262. The minimum atomic E-state index is -0.815. The molecule has 0 bridgehead atoms. The van der Waals surface area contributed by atoms with E-state index in [2.05, 4.69) is 81.5 Å². The molecule has 67 heavy (non-hydrogen) atoms. The zero-order valence-electron chi connectivity index (χ0n) is 44.2. The zero-order chi connectivity index (χ0) is 48.6. The van der Waals surface area contributed by atoms with Crippen LogP contribution in [0.3, 0.4) is 0 Å². The number of allylic oxidation sites excluding steroid dienone is 11. The van der Waals surface area contributed by atoms with E-state index in [-0.39, 0.29) is 31.6 Å². The summed E-state index contributed by atoms with van der Waals surface area (Å²) in [6.07, 6.45) is 70.6. The van der Waals surface area contributed by atoms with E-state index >= 15 is 0 Å². The molecule has 1 atom stereocenters. The average Bonchev–Trinajstić information content (AvgIpc) is 3.33. The fourth-order valence-electron chi connectivity index (χ4n) is 7.98. The van der Waals surface area contributed by atoms with E-state index in [0.29, 0.717) is 12.8 Å². The Morgan fingerprint density at radius 2 is 0.642 bits per heavy atom. The van der Waals surface area contributed by atoms with Crippen LogP contribution in [0.15, 0.2) is 72.9 Å². The molecule has 0 aromatic heterocycles. The Morgan fingerprint density at radius 1 is 0.328 bits per heavy atom. The lowest BCUT2D eigenvalue weighted by atomic mass is 10.0. The molecule has 0 fully saturated rings. The SMILES string of the molecule is CC/C=C\C/C=C\C/C=C\C/C=C\C/C=C\CC(=O)OCC(COC(=O)CCCCCCCCC/C=C\CCCCCCCC)OC(=O)CCCCCCCCCCCCCCCCCCC. The van der Waals surface area contributed by atoms with E-state index in [1.54, 1.807) is 6.08 Å². The van der Waals surface area contributed by atoms with Crippen molar-refractivity contribution in [1.82, 2.24) is 0 Å². The van der Waals surface area contributed by atoms with Gasteiger partial charge in [-0.15, -0.1) is 0 Å². The van der Waals surface area contributed by atoms with Crippen LogP contribution in [0.25, 0.3) is 0 Å². The minimum Gasteiger partial charge on any atom is -0.462 e. The van der Waals surface area contributed by atoms with E-state index < -0.39 is 12.1 Å². The summed E-state index contributed by atoms with van der Waals surface area (Å²) in [6, 6.07) is 0. The van der Waals surface area contributed by atoms with Gasteiger partial charge in [0.2, 0.25) is 0 Å². The van der Waals surface area contributed by atoms with Crippen LogP contribution >= 0.6 is 0 Å². The van der Waals surface area contributed by atoms with Gasteiger partial charge in [-0.1, -0.05) is 261 Å². The van der Waals surface area contributed by atoms with Gasteiger partial charge in [-0.05, 0) is 70.6 Å². The molecule has 0 aliphatic carbocycles. The predicted molar refractivity (Wildman–Crippen MR) is 288 cm³/mol. The summed E-state index contributed by atoms with van der Waals surface area (Å²) in [5.41, 5.74) is 0. The molecule has 0 aromatic rings. The maximum Gasteiger partial charge on any atom is 0.309 e. The lowest BCUT2D eigenvalue weighted by Gasteiger charge is -2.18. The highest BCUT2D eigenvalue weighted by Gasteiger charge is 2.19. The molecule has 0 N–H and O–H groups in total. The van der Waals surface area contributed by atoms with Crippen LogP contribution in [0.1, 0.15) is 278 Å². The Labute approximate surface area is 414 Å². The molecule has 0 aliphatic rings. The van der Waals surface area contributed by atoms with E-state index in [4.69, 9.17) is 14.2 Å². The second kappa shape index (κ2) is 55.4. The number of hydrogen-bond donors (Lipinski definition) is 0. The van der Waals surface area contributed by atoms with E-state index in [1.165, 1.54) is 167 Å². The molecule has 0 rings (SSSR count). The van der Waals surface area contributed by atoms with Gasteiger partial charge in [0.05, 0.1) is 6.42 Å². The van der Waals surface area contributed by atoms with Gasteiger partial charge in [0.1, 0.15) is 13.2 Å². The number of unbranched alkanes of at least 4 members (excludes halogenated alkanes) is 29. The highest BCUT2D eigenvalue weighted by atomic mass is 16.6. The van der Waals surface area contributed by atoms with Gasteiger partial charge in [-0.25, -0.2) is 0 Å². The molecule has 0 saturated heterocycles. The van der Waals surface area contributed by atoms with Crippen LogP contribution in [0.4, 0.5) is 0 Å². The first-order chi connectivity index (χ1) is 33.0. The lowest BCUT2D eigenvalue weighted by molar-refractivity contribution is -0.166. The number of ether oxygens (including phenoxy) is 3. The Bertz CT molecular complexity index is 1260. The maximum absolute atomic E-state index is 12.8. The lowest BCUT2D eigenvalue weighted by Crippen LogP contribution is -2.30. The van der Waals surface area contributed by atoms with Gasteiger partial charge < -0.3 is 14.2 Å². The van der Waals surface area contributed by atoms with Crippen LogP contribution < -0.4 is 0 Å². The smallest absolute Gasteiger partial charge is 0.309 e. The van der Waals surface area contributed by atoms with Crippen molar-refractivity contribution >= 4 is 17.9 Å². The average molecular weight is 936 g/mol. The number of esters is 3. The topological polar surface area (TPSA) is 78.9 Å². The van der Waals surface area contributed by atoms with Crippen molar-refractivity contribution in [2.24, 2.45) is 0 Å². The third kappa shape index (κ3) is 53.7. The number of carbonyl (C=O) groups is 3. The molecule has 1 unspecified atom stereocenters. The third-order valence-corrected chi connectivity index (χ3v) is 12.2. The molecule has 0 amide bonds. The molecule has 6 nitrogen and oxygen atoms in total. The largest absolute Gasteiger partial charge is 0.462 e. The summed E-state index contributed by atoms with van der Waals surface area (Å²) >= 11 is 0. The minimum absolute atomic E-state index is 0.105. The molecular weight excluding hydrogens is 829 g/mol. The summed E-state index contributed by atoms with van der Waals surface area (Å²) in [5, 5.41) is 0. The predicted octanol–water partition coefficient (Wildman–Crippen LogP) is 19.0. The van der Waals surface area contributed by atoms with Gasteiger partial charge in [-0.3, -0.25) is 14.4 Å². The number of rotatable bonds is 51. The molecule has 0 spiro atoms. The second-order valence-corrected chi connectivity index (χ2v) is 18.8.